The van der Waals surface area contributed by atoms with Crippen molar-refractivity contribution < 1.29 is 5.48 Å². The van der Waals surface area contributed by atoms with E-state index >= 15 is 0 Å². The van der Waals surface area contributed by atoms with Crippen LogP contribution in [0.4, 0.5) is 0 Å². The summed E-state index contributed by atoms with van der Waals surface area (Å²) in [6.45, 7) is 4.36. The fourth-order valence-electron chi connectivity index (χ4n) is 0. The Balaban J connectivity index is -0.0000000450. The predicted octanol–water partition coefficient (Wildman–Crippen LogP) is 0.0655. The molecule has 0 aromatic heterocycles. The Bertz CT molecular complexity index is 9.51. The first-order valence-corrected chi connectivity index (χ1v) is 1.91. The van der Waals surface area contributed by atoms with Gasteiger partial charge in [0, 0.05) is 0 Å². The number of rotatable bonds is 1. The van der Waals surface area contributed by atoms with Gasteiger partial charge in [0.1, 0.15) is 0 Å². The molecule has 0 amide bonds. The van der Waals surface area contributed by atoms with E-state index in [-0.39, 0.29) is 29.4 Å². The fraction of sp³-hybridized carbons (Fsp3) is 1.00. The van der Waals surface area contributed by atoms with Crippen LogP contribution in [0.2, 0.25) is 0 Å². The number of hydrogen-bond donors (Lipinski definition) is 0. The van der Waals surface area contributed by atoms with Crippen LogP contribution in [0.3, 0.4) is 0 Å². The number of hydrogen-bond acceptors (Lipinski definition) is 0. The van der Waals surface area contributed by atoms with Gasteiger partial charge in [-0.2, -0.15) is 0 Å². The zero-order valence-corrected chi connectivity index (χ0v) is 8.66. The van der Waals surface area contributed by atoms with Crippen LogP contribution < -0.4 is 0 Å². The SMILES string of the molecule is CCCC.O.[SnH2]. The van der Waals surface area contributed by atoms with E-state index in [1.165, 1.54) is 12.8 Å². The molecule has 0 aromatic carbocycles. The van der Waals surface area contributed by atoms with E-state index in [9.17, 15) is 0 Å². The first-order valence-electron chi connectivity index (χ1n) is 1.91. The van der Waals surface area contributed by atoms with Gasteiger partial charge in [-0.15, -0.1) is 0 Å². The molecule has 2 radical (unpaired) electrons. The molecule has 0 rings (SSSR count). The van der Waals surface area contributed by atoms with Gasteiger partial charge >= 0.3 is 23.9 Å². The Kier molecular flexibility index (Phi) is 45.3. The van der Waals surface area contributed by atoms with Crippen LogP contribution in [0, 0.1) is 0 Å². The molecule has 0 atom stereocenters. The van der Waals surface area contributed by atoms with E-state index in [0.29, 0.717) is 0 Å². The monoisotopic (exact) mass is 198 g/mol. The van der Waals surface area contributed by atoms with Crippen LogP contribution in [0.1, 0.15) is 26.7 Å². The van der Waals surface area contributed by atoms with Gasteiger partial charge in [-0.3, -0.25) is 0 Å². The molecular formula is C4H14OSn. The van der Waals surface area contributed by atoms with Gasteiger partial charge in [-0.05, 0) is 0 Å². The minimum atomic E-state index is 0. The van der Waals surface area contributed by atoms with Crippen molar-refractivity contribution in [1.82, 2.24) is 0 Å². The molecule has 0 unspecified atom stereocenters. The molecule has 2 N–H and O–H groups in total. The van der Waals surface area contributed by atoms with Crippen molar-refractivity contribution in [2.75, 3.05) is 0 Å². The second-order valence-corrected chi connectivity index (χ2v) is 1.000. The van der Waals surface area contributed by atoms with Gasteiger partial charge in [0.05, 0.1) is 0 Å². The molecular weight excluding hydrogens is 183 g/mol. The molecule has 6 heavy (non-hydrogen) atoms. The second-order valence-electron chi connectivity index (χ2n) is 1.000. The van der Waals surface area contributed by atoms with Crippen molar-refractivity contribution in [1.29, 1.82) is 0 Å². The molecule has 0 heterocycles. The fourth-order valence-corrected chi connectivity index (χ4v) is 0. The summed E-state index contributed by atoms with van der Waals surface area (Å²) in [5.41, 5.74) is 0. The van der Waals surface area contributed by atoms with Gasteiger partial charge in [-0.1, -0.05) is 26.7 Å². The van der Waals surface area contributed by atoms with E-state index < -0.39 is 0 Å². The van der Waals surface area contributed by atoms with Gasteiger partial charge in [0.25, 0.3) is 0 Å². The topological polar surface area (TPSA) is 31.5 Å². The predicted molar refractivity (Wildman–Crippen MR) is 32.7 cm³/mol. The van der Waals surface area contributed by atoms with Crippen molar-refractivity contribution >= 4 is 23.9 Å². The zero-order chi connectivity index (χ0) is 3.41. The van der Waals surface area contributed by atoms with Crippen LogP contribution >= 0.6 is 0 Å². The molecule has 0 spiro atoms. The first kappa shape index (κ1) is 15.9. The molecule has 2 heteroatoms. The van der Waals surface area contributed by atoms with Gasteiger partial charge in [-0.25, -0.2) is 0 Å². The average molecular weight is 197 g/mol. The van der Waals surface area contributed by atoms with E-state index in [2.05, 4.69) is 13.8 Å². The zero-order valence-electron chi connectivity index (χ0n) is 4.62. The molecule has 0 aliphatic rings. The third-order valence-corrected chi connectivity index (χ3v) is 0.500. The van der Waals surface area contributed by atoms with Gasteiger partial charge in [0.2, 0.25) is 0 Å². The standard InChI is InChI=1S/C4H10.H2O.Sn.2H/c1-3-4-2;;;;/h3-4H2,1-2H3;1H2;;;. The third kappa shape index (κ3) is 21.7. The molecule has 40 valence electrons. The van der Waals surface area contributed by atoms with Crippen LogP contribution in [0.5, 0.6) is 0 Å². The van der Waals surface area contributed by atoms with Crippen LogP contribution in [0.25, 0.3) is 0 Å². The normalized spacial score (nSPS) is 5.00. The summed E-state index contributed by atoms with van der Waals surface area (Å²) in [5.74, 6) is 0. The summed E-state index contributed by atoms with van der Waals surface area (Å²) in [7, 11) is 0. The van der Waals surface area contributed by atoms with E-state index in [1.54, 1.807) is 0 Å². The quantitative estimate of drug-likeness (QED) is 0.532. The third-order valence-electron chi connectivity index (χ3n) is 0.500. The van der Waals surface area contributed by atoms with Crippen LogP contribution in [-0.4, -0.2) is 29.4 Å². The summed E-state index contributed by atoms with van der Waals surface area (Å²) in [6.07, 6.45) is 2.64. The maximum absolute atomic E-state index is 2.18. The Morgan fingerprint density at radius 3 is 1.17 bits per heavy atom. The Morgan fingerprint density at radius 2 is 1.17 bits per heavy atom. The Hall–Kier alpha value is 0.759. The van der Waals surface area contributed by atoms with Crippen molar-refractivity contribution in [3.8, 4) is 0 Å². The van der Waals surface area contributed by atoms with Gasteiger partial charge < -0.3 is 5.48 Å². The molecule has 0 fully saturated rings. The first-order chi connectivity index (χ1) is 1.91. The molecule has 0 saturated carbocycles. The van der Waals surface area contributed by atoms with Crippen LogP contribution in [0.15, 0.2) is 0 Å². The number of unbranched alkanes of at least 4 members (excludes halogenated alkanes) is 1. The summed E-state index contributed by atoms with van der Waals surface area (Å²) in [5, 5.41) is 0. The van der Waals surface area contributed by atoms with E-state index in [0.717, 1.165) is 0 Å². The molecule has 0 aliphatic heterocycles. The summed E-state index contributed by atoms with van der Waals surface area (Å²) >= 11 is 0. The summed E-state index contributed by atoms with van der Waals surface area (Å²) < 4.78 is 0. The maximum atomic E-state index is 2.18. The summed E-state index contributed by atoms with van der Waals surface area (Å²) in [6, 6.07) is 0. The van der Waals surface area contributed by atoms with Crippen LogP contribution in [-0.2, 0) is 0 Å². The van der Waals surface area contributed by atoms with E-state index in [1.807, 2.05) is 0 Å². The molecule has 0 aliphatic carbocycles. The molecule has 1 nitrogen and oxygen atoms in total. The Morgan fingerprint density at radius 1 is 1.00 bits per heavy atom. The van der Waals surface area contributed by atoms with Gasteiger partial charge in [0.15, 0.2) is 0 Å². The molecule has 0 aromatic rings. The minimum absolute atomic E-state index is 0. The molecule has 0 bridgehead atoms. The molecule has 0 saturated heterocycles. The van der Waals surface area contributed by atoms with Crippen molar-refractivity contribution in [2.45, 2.75) is 26.7 Å². The average Bonchev–Trinajstić information content (AvgIpc) is 1.37. The van der Waals surface area contributed by atoms with Crippen molar-refractivity contribution in [2.24, 2.45) is 0 Å². The van der Waals surface area contributed by atoms with E-state index in [4.69, 9.17) is 0 Å². The van der Waals surface area contributed by atoms with Crippen molar-refractivity contribution in [3.05, 3.63) is 0 Å². The summed E-state index contributed by atoms with van der Waals surface area (Å²) in [4.78, 5) is 0. The Labute approximate surface area is 56.4 Å². The van der Waals surface area contributed by atoms with Crippen molar-refractivity contribution in [3.63, 3.8) is 0 Å². The second kappa shape index (κ2) is 17.1.